The maximum atomic E-state index is 13.6. The maximum absolute atomic E-state index is 13.6. The Kier molecular flexibility index (Phi) is 5.67. The van der Waals surface area contributed by atoms with Crippen molar-refractivity contribution in [3.63, 3.8) is 0 Å². The first-order chi connectivity index (χ1) is 14.3. The van der Waals surface area contributed by atoms with Gasteiger partial charge in [0.2, 0.25) is 11.8 Å². The van der Waals surface area contributed by atoms with Crippen molar-refractivity contribution in [2.75, 3.05) is 13.1 Å². The van der Waals surface area contributed by atoms with Crippen LogP contribution in [0.4, 0.5) is 0 Å². The zero-order chi connectivity index (χ0) is 21.5. The van der Waals surface area contributed by atoms with Crippen LogP contribution in [0.25, 0.3) is 0 Å². The SMILES string of the molecule is CC(C)(C)N(CC(=O)N1CCn2cccc2C1c1cccc(Cl)c1)C(=O)C1CCC1. The van der Waals surface area contributed by atoms with Gasteiger partial charge in [-0.3, -0.25) is 9.59 Å². The lowest BCUT2D eigenvalue weighted by atomic mass is 9.83. The average molecular weight is 428 g/mol. The number of carbonyl (C=O) groups is 2. The Balaban J connectivity index is 1.63. The smallest absolute Gasteiger partial charge is 0.243 e. The van der Waals surface area contributed by atoms with Crippen molar-refractivity contribution >= 4 is 23.4 Å². The molecule has 1 aromatic carbocycles. The molecule has 0 radical (unpaired) electrons. The van der Waals surface area contributed by atoms with E-state index >= 15 is 0 Å². The molecule has 30 heavy (non-hydrogen) atoms. The van der Waals surface area contributed by atoms with E-state index in [1.165, 1.54) is 0 Å². The summed E-state index contributed by atoms with van der Waals surface area (Å²) >= 11 is 6.27. The fourth-order valence-electron chi connectivity index (χ4n) is 4.43. The van der Waals surface area contributed by atoms with Gasteiger partial charge in [-0.1, -0.05) is 30.2 Å². The third-order valence-corrected chi connectivity index (χ3v) is 6.58. The number of halogens is 1. The van der Waals surface area contributed by atoms with Gasteiger partial charge in [-0.05, 0) is 63.4 Å². The van der Waals surface area contributed by atoms with Crippen LogP contribution in [0.15, 0.2) is 42.6 Å². The molecule has 0 N–H and O–H groups in total. The van der Waals surface area contributed by atoms with Crippen LogP contribution in [0.5, 0.6) is 0 Å². The molecule has 2 aromatic rings. The highest BCUT2D eigenvalue weighted by atomic mass is 35.5. The first kappa shape index (κ1) is 21.0. The van der Waals surface area contributed by atoms with Crippen LogP contribution in [0.2, 0.25) is 5.02 Å². The monoisotopic (exact) mass is 427 g/mol. The van der Waals surface area contributed by atoms with Gasteiger partial charge in [-0.25, -0.2) is 0 Å². The lowest BCUT2D eigenvalue weighted by Crippen LogP contribution is -2.55. The molecular weight excluding hydrogens is 398 g/mol. The summed E-state index contributed by atoms with van der Waals surface area (Å²) in [4.78, 5) is 30.3. The Labute approximate surface area is 183 Å². The van der Waals surface area contributed by atoms with Gasteiger partial charge in [-0.2, -0.15) is 0 Å². The van der Waals surface area contributed by atoms with Gasteiger partial charge >= 0.3 is 0 Å². The summed E-state index contributed by atoms with van der Waals surface area (Å²) in [7, 11) is 0. The zero-order valence-electron chi connectivity index (χ0n) is 18.0. The van der Waals surface area contributed by atoms with Gasteiger partial charge in [0.05, 0.1) is 6.04 Å². The molecule has 1 saturated carbocycles. The Bertz CT molecular complexity index is 942. The summed E-state index contributed by atoms with van der Waals surface area (Å²) in [5, 5.41) is 0.653. The first-order valence-electron chi connectivity index (χ1n) is 10.8. The molecule has 5 nitrogen and oxygen atoms in total. The van der Waals surface area contributed by atoms with Gasteiger partial charge in [0, 0.05) is 41.5 Å². The van der Waals surface area contributed by atoms with Crippen molar-refractivity contribution < 1.29 is 9.59 Å². The van der Waals surface area contributed by atoms with Crippen molar-refractivity contribution in [1.82, 2.24) is 14.4 Å². The van der Waals surface area contributed by atoms with Crippen LogP contribution in [0, 0.1) is 5.92 Å². The molecule has 1 unspecified atom stereocenters. The number of fused-ring (bicyclic) bond motifs is 1. The minimum Gasteiger partial charge on any atom is -0.348 e. The Morgan fingerprint density at radius 2 is 1.90 bits per heavy atom. The molecule has 0 bridgehead atoms. The predicted octanol–water partition coefficient (Wildman–Crippen LogP) is 4.50. The number of hydrogen-bond donors (Lipinski definition) is 0. The van der Waals surface area contributed by atoms with E-state index in [1.807, 2.05) is 56.0 Å². The van der Waals surface area contributed by atoms with Crippen LogP contribution in [0.3, 0.4) is 0 Å². The molecule has 1 aliphatic heterocycles. The number of nitrogens with zero attached hydrogens (tertiary/aromatic N) is 3. The molecule has 2 heterocycles. The molecule has 1 fully saturated rings. The summed E-state index contributed by atoms with van der Waals surface area (Å²) in [6, 6.07) is 11.6. The van der Waals surface area contributed by atoms with E-state index in [0.29, 0.717) is 11.6 Å². The van der Waals surface area contributed by atoms with Crippen molar-refractivity contribution in [1.29, 1.82) is 0 Å². The second-order valence-corrected chi connectivity index (χ2v) is 9.83. The minimum atomic E-state index is -0.399. The molecule has 160 valence electrons. The molecule has 0 spiro atoms. The van der Waals surface area contributed by atoms with Gasteiger partial charge < -0.3 is 14.4 Å². The standard InChI is InChI=1S/C24H30ClN3O2/c1-24(2,3)28(23(30)17-7-4-8-17)16-21(29)27-14-13-26-12-6-11-20(26)22(27)18-9-5-10-19(25)15-18/h5-6,9-12,15,17,22H,4,7-8,13-14,16H2,1-3H3. The minimum absolute atomic E-state index is 0.0185. The summed E-state index contributed by atoms with van der Waals surface area (Å²) in [5.41, 5.74) is 1.66. The highest BCUT2D eigenvalue weighted by molar-refractivity contribution is 6.30. The van der Waals surface area contributed by atoms with Crippen molar-refractivity contribution in [2.24, 2.45) is 5.92 Å². The van der Waals surface area contributed by atoms with E-state index in [2.05, 4.69) is 16.8 Å². The van der Waals surface area contributed by atoms with Gasteiger partial charge in [0.1, 0.15) is 6.54 Å². The fraction of sp³-hybridized carbons (Fsp3) is 0.500. The molecule has 2 amide bonds. The van der Waals surface area contributed by atoms with E-state index in [0.717, 1.165) is 37.1 Å². The van der Waals surface area contributed by atoms with E-state index in [4.69, 9.17) is 11.6 Å². The number of aromatic nitrogens is 1. The lowest BCUT2D eigenvalue weighted by molar-refractivity contribution is -0.150. The molecule has 1 aliphatic carbocycles. The highest BCUT2D eigenvalue weighted by Gasteiger charge is 2.39. The van der Waals surface area contributed by atoms with E-state index < -0.39 is 5.54 Å². The second kappa shape index (κ2) is 8.10. The predicted molar refractivity (Wildman–Crippen MR) is 118 cm³/mol. The molecular formula is C24H30ClN3O2. The first-order valence-corrected chi connectivity index (χ1v) is 11.1. The number of carbonyl (C=O) groups excluding carboxylic acids is 2. The fourth-order valence-corrected chi connectivity index (χ4v) is 4.63. The van der Waals surface area contributed by atoms with E-state index in [9.17, 15) is 9.59 Å². The van der Waals surface area contributed by atoms with Gasteiger partial charge in [-0.15, -0.1) is 0 Å². The molecule has 0 saturated heterocycles. The van der Waals surface area contributed by atoms with Crippen LogP contribution >= 0.6 is 11.6 Å². The molecule has 1 atom stereocenters. The normalized spacial score (nSPS) is 19.2. The molecule has 1 aromatic heterocycles. The van der Waals surface area contributed by atoms with E-state index in [1.54, 1.807) is 4.90 Å². The van der Waals surface area contributed by atoms with Crippen LogP contribution in [0.1, 0.15) is 57.3 Å². The van der Waals surface area contributed by atoms with Gasteiger partial charge in [0.25, 0.3) is 0 Å². The third kappa shape index (κ3) is 4.00. The molecule has 2 aliphatic rings. The quantitative estimate of drug-likeness (QED) is 0.721. The highest BCUT2D eigenvalue weighted by Crippen LogP contribution is 2.35. The Morgan fingerprint density at radius 3 is 2.53 bits per heavy atom. The Hall–Kier alpha value is -2.27. The van der Waals surface area contributed by atoms with Gasteiger partial charge in [0.15, 0.2) is 0 Å². The summed E-state index contributed by atoms with van der Waals surface area (Å²) in [5.74, 6) is 0.163. The summed E-state index contributed by atoms with van der Waals surface area (Å²) in [6.07, 6.45) is 5.02. The molecule has 6 heteroatoms. The topological polar surface area (TPSA) is 45.6 Å². The summed E-state index contributed by atoms with van der Waals surface area (Å²) in [6.45, 7) is 7.48. The number of rotatable bonds is 4. The zero-order valence-corrected chi connectivity index (χ0v) is 18.7. The third-order valence-electron chi connectivity index (χ3n) is 6.35. The summed E-state index contributed by atoms with van der Waals surface area (Å²) < 4.78 is 2.19. The van der Waals surface area contributed by atoms with Crippen molar-refractivity contribution in [3.05, 3.63) is 58.9 Å². The number of hydrogen-bond acceptors (Lipinski definition) is 2. The molecule has 4 rings (SSSR count). The van der Waals surface area contributed by atoms with Crippen LogP contribution in [-0.2, 0) is 16.1 Å². The number of benzene rings is 1. The Morgan fingerprint density at radius 1 is 1.13 bits per heavy atom. The van der Waals surface area contributed by atoms with Crippen LogP contribution in [-0.4, -0.2) is 44.8 Å². The number of amides is 2. The van der Waals surface area contributed by atoms with Crippen molar-refractivity contribution in [2.45, 2.75) is 58.2 Å². The maximum Gasteiger partial charge on any atom is 0.243 e. The van der Waals surface area contributed by atoms with E-state index in [-0.39, 0.29) is 30.3 Å². The largest absolute Gasteiger partial charge is 0.348 e. The average Bonchev–Trinajstić information content (AvgIpc) is 3.11. The second-order valence-electron chi connectivity index (χ2n) is 9.39. The van der Waals surface area contributed by atoms with Crippen molar-refractivity contribution in [3.8, 4) is 0 Å². The lowest BCUT2D eigenvalue weighted by Gasteiger charge is -2.43. The van der Waals surface area contributed by atoms with Crippen LogP contribution < -0.4 is 0 Å².